The Morgan fingerprint density at radius 1 is 1.45 bits per heavy atom. The lowest BCUT2D eigenvalue weighted by Gasteiger charge is -2.09. The van der Waals surface area contributed by atoms with Crippen LogP contribution in [0, 0.1) is 12.7 Å². The van der Waals surface area contributed by atoms with E-state index in [1.54, 1.807) is 6.92 Å². The SMILES string of the molecule is Cc1ccc(F)cc1NS(=O)(=O)c1cnn(CCN)c1. The molecule has 0 unspecified atom stereocenters. The van der Waals surface area contributed by atoms with E-state index in [2.05, 4.69) is 9.82 Å². The van der Waals surface area contributed by atoms with Gasteiger partial charge in [-0.3, -0.25) is 9.40 Å². The molecule has 3 N–H and O–H groups in total. The van der Waals surface area contributed by atoms with Crippen molar-refractivity contribution < 1.29 is 12.8 Å². The van der Waals surface area contributed by atoms with Gasteiger partial charge in [-0.25, -0.2) is 12.8 Å². The number of aryl methyl sites for hydroxylation is 1. The maximum absolute atomic E-state index is 13.2. The molecule has 20 heavy (non-hydrogen) atoms. The van der Waals surface area contributed by atoms with Gasteiger partial charge in [0.2, 0.25) is 0 Å². The molecule has 0 aliphatic heterocycles. The number of hydrogen-bond donors (Lipinski definition) is 2. The van der Waals surface area contributed by atoms with Gasteiger partial charge in [-0.1, -0.05) is 6.07 Å². The van der Waals surface area contributed by atoms with Gasteiger partial charge < -0.3 is 5.73 Å². The van der Waals surface area contributed by atoms with Gasteiger partial charge >= 0.3 is 0 Å². The van der Waals surface area contributed by atoms with Crippen LogP contribution in [0.2, 0.25) is 0 Å². The summed E-state index contributed by atoms with van der Waals surface area (Å²) in [6.07, 6.45) is 2.61. The third-order valence-electron chi connectivity index (χ3n) is 2.72. The fourth-order valence-corrected chi connectivity index (χ4v) is 2.72. The summed E-state index contributed by atoms with van der Waals surface area (Å²) in [4.78, 5) is 0.00890. The highest BCUT2D eigenvalue weighted by atomic mass is 32.2. The van der Waals surface area contributed by atoms with Crippen LogP contribution in [0.4, 0.5) is 10.1 Å². The number of sulfonamides is 1. The summed E-state index contributed by atoms with van der Waals surface area (Å²) < 4.78 is 41.3. The summed E-state index contributed by atoms with van der Waals surface area (Å²) in [7, 11) is -3.79. The van der Waals surface area contributed by atoms with Crippen LogP contribution in [-0.2, 0) is 16.6 Å². The van der Waals surface area contributed by atoms with Gasteiger partial charge in [0.05, 0.1) is 18.4 Å². The van der Waals surface area contributed by atoms with Gasteiger partial charge in [0.15, 0.2) is 0 Å². The molecule has 0 aliphatic carbocycles. The molecule has 0 spiro atoms. The van der Waals surface area contributed by atoms with Crippen LogP contribution in [-0.4, -0.2) is 24.7 Å². The van der Waals surface area contributed by atoms with Crippen LogP contribution >= 0.6 is 0 Å². The Balaban J connectivity index is 2.28. The maximum atomic E-state index is 13.2. The predicted molar refractivity (Wildman–Crippen MR) is 73.2 cm³/mol. The minimum absolute atomic E-state index is 0.00890. The third-order valence-corrected chi connectivity index (χ3v) is 4.04. The Morgan fingerprint density at radius 3 is 2.90 bits per heavy atom. The van der Waals surface area contributed by atoms with E-state index in [1.807, 2.05) is 0 Å². The Hall–Kier alpha value is -1.93. The fourth-order valence-electron chi connectivity index (χ4n) is 1.65. The summed E-state index contributed by atoms with van der Waals surface area (Å²) in [6, 6.07) is 3.91. The monoisotopic (exact) mass is 298 g/mol. The van der Waals surface area contributed by atoms with Crippen molar-refractivity contribution in [2.24, 2.45) is 5.73 Å². The highest BCUT2D eigenvalue weighted by molar-refractivity contribution is 7.92. The van der Waals surface area contributed by atoms with E-state index in [-0.39, 0.29) is 10.6 Å². The number of nitrogens with two attached hydrogens (primary N) is 1. The predicted octanol–water partition coefficient (Wildman–Crippen LogP) is 1.09. The highest BCUT2D eigenvalue weighted by Crippen LogP contribution is 2.20. The molecule has 0 atom stereocenters. The second kappa shape index (κ2) is 5.59. The van der Waals surface area contributed by atoms with Crippen LogP contribution in [0.5, 0.6) is 0 Å². The van der Waals surface area contributed by atoms with Gasteiger partial charge in [0.1, 0.15) is 10.7 Å². The molecule has 8 heteroatoms. The van der Waals surface area contributed by atoms with Gasteiger partial charge in [-0.05, 0) is 24.6 Å². The lowest BCUT2D eigenvalue weighted by atomic mass is 10.2. The summed E-state index contributed by atoms with van der Waals surface area (Å²) in [6.45, 7) is 2.47. The van der Waals surface area contributed by atoms with Crippen molar-refractivity contribution in [3.05, 3.63) is 42.0 Å². The first-order valence-electron chi connectivity index (χ1n) is 5.94. The largest absolute Gasteiger partial charge is 0.329 e. The molecule has 2 aromatic rings. The molecule has 0 aliphatic rings. The van der Waals surface area contributed by atoms with Crippen molar-refractivity contribution in [2.75, 3.05) is 11.3 Å². The molecular formula is C12H15FN4O2S. The molecule has 0 amide bonds. The van der Waals surface area contributed by atoms with Crippen molar-refractivity contribution in [1.82, 2.24) is 9.78 Å². The minimum atomic E-state index is -3.79. The van der Waals surface area contributed by atoms with E-state index in [0.717, 1.165) is 6.07 Å². The molecule has 1 aromatic carbocycles. The highest BCUT2D eigenvalue weighted by Gasteiger charge is 2.17. The molecule has 0 fully saturated rings. The molecule has 0 radical (unpaired) electrons. The van der Waals surface area contributed by atoms with Gasteiger partial charge in [-0.15, -0.1) is 0 Å². The summed E-state index contributed by atoms with van der Waals surface area (Å²) >= 11 is 0. The topological polar surface area (TPSA) is 90.0 Å². The average Bonchev–Trinajstić information content (AvgIpc) is 2.83. The van der Waals surface area contributed by atoms with Gasteiger partial charge in [0, 0.05) is 12.7 Å². The third kappa shape index (κ3) is 3.14. The smallest absolute Gasteiger partial charge is 0.265 e. The lowest BCUT2D eigenvalue weighted by molar-refractivity contribution is 0.599. The van der Waals surface area contributed by atoms with E-state index in [9.17, 15) is 12.8 Å². The van der Waals surface area contributed by atoms with E-state index in [1.165, 1.54) is 29.2 Å². The van der Waals surface area contributed by atoms with E-state index in [0.29, 0.717) is 18.7 Å². The first-order chi connectivity index (χ1) is 9.42. The van der Waals surface area contributed by atoms with Crippen LogP contribution in [0.1, 0.15) is 5.56 Å². The van der Waals surface area contributed by atoms with E-state index >= 15 is 0 Å². The first-order valence-corrected chi connectivity index (χ1v) is 7.42. The van der Waals surface area contributed by atoms with Crippen molar-refractivity contribution in [2.45, 2.75) is 18.4 Å². The van der Waals surface area contributed by atoms with Crippen LogP contribution in [0.3, 0.4) is 0 Å². The van der Waals surface area contributed by atoms with Crippen molar-refractivity contribution in [3.8, 4) is 0 Å². The Bertz CT molecular complexity index is 712. The first kappa shape index (κ1) is 14.5. The number of anilines is 1. The number of halogens is 1. The molecular weight excluding hydrogens is 283 g/mol. The molecule has 1 aromatic heterocycles. The van der Waals surface area contributed by atoms with Crippen LogP contribution in [0.15, 0.2) is 35.5 Å². The lowest BCUT2D eigenvalue weighted by Crippen LogP contribution is -2.14. The van der Waals surface area contributed by atoms with Crippen LogP contribution in [0.25, 0.3) is 0 Å². The molecule has 0 saturated heterocycles. The molecule has 0 saturated carbocycles. The van der Waals surface area contributed by atoms with Crippen molar-refractivity contribution in [1.29, 1.82) is 0 Å². The van der Waals surface area contributed by atoms with Crippen molar-refractivity contribution >= 4 is 15.7 Å². The molecule has 6 nitrogen and oxygen atoms in total. The molecule has 108 valence electrons. The fraction of sp³-hybridized carbons (Fsp3) is 0.250. The molecule has 1 heterocycles. The average molecular weight is 298 g/mol. The molecule has 2 rings (SSSR count). The second-order valence-corrected chi connectivity index (χ2v) is 5.97. The minimum Gasteiger partial charge on any atom is -0.329 e. The maximum Gasteiger partial charge on any atom is 0.265 e. The zero-order chi connectivity index (χ0) is 14.8. The van der Waals surface area contributed by atoms with E-state index < -0.39 is 15.8 Å². The van der Waals surface area contributed by atoms with Crippen molar-refractivity contribution in [3.63, 3.8) is 0 Å². The van der Waals surface area contributed by atoms with Crippen LogP contribution < -0.4 is 10.5 Å². The normalized spacial score (nSPS) is 11.6. The number of nitrogens with zero attached hydrogens (tertiary/aromatic N) is 2. The zero-order valence-electron chi connectivity index (χ0n) is 10.9. The standard InChI is InChI=1S/C12H15FN4O2S/c1-9-2-3-10(13)6-12(9)16-20(18,19)11-7-15-17(8-11)5-4-14/h2-3,6-8,16H,4-5,14H2,1H3. The number of aromatic nitrogens is 2. The Kier molecular flexibility index (Phi) is 4.05. The van der Waals surface area contributed by atoms with E-state index in [4.69, 9.17) is 5.73 Å². The zero-order valence-corrected chi connectivity index (χ0v) is 11.7. The summed E-state index contributed by atoms with van der Waals surface area (Å²) in [5, 5.41) is 3.90. The summed E-state index contributed by atoms with van der Waals surface area (Å²) in [5.41, 5.74) is 6.21. The quantitative estimate of drug-likeness (QED) is 0.864. The number of nitrogens with one attached hydrogen (secondary N) is 1. The van der Waals surface area contributed by atoms with Gasteiger partial charge in [-0.2, -0.15) is 5.10 Å². The second-order valence-electron chi connectivity index (χ2n) is 4.29. The Labute approximate surface area is 116 Å². The summed E-state index contributed by atoms with van der Waals surface area (Å²) in [5.74, 6) is -0.507. The molecule has 0 bridgehead atoms. The number of rotatable bonds is 5. The Morgan fingerprint density at radius 2 is 2.20 bits per heavy atom. The van der Waals surface area contributed by atoms with Gasteiger partial charge in [0.25, 0.3) is 10.0 Å². The number of hydrogen-bond acceptors (Lipinski definition) is 4. The number of benzene rings is 1.